The molecule has 0 aliphatic carbocycles. The first-order valence-electron chi connectivity index (χ1n) is 4.56. The lowest BCUT2D eigenvalue weighted by Gasteiger charge is -2.03. The summed E-state index contributed by atoms with van der Waals surface area (Å²) < 4.78 is 10.3. The van der Waals surface area contributed by atoms with Gasteiger partial charge in [-0.25, -0.2) is 0 Å². The molecule has 0 heterocycles. The molecule has 0 saturated carbocycles. The van der Waals surface area contributed by atoms with Crippen LogP contribution in [0.5, 0.6) is 5.75 Å². The van der Waals surface area contributed by atoms with Gasteiger partial charge in [0.15, 0.2) is 0 Å². The molecule has 0 fully saturated rings. The van der Waals surface area contributed by atoms with Crippen molar-refractivity contribution in [3.05, 3.63) is 29.8 Å². The highest BCUT2D eigenvalue weighted by atomic mass is 32.2. The molecule has 1 aromatic rings. The highest BCUT2D eigenvalue weighted by molar-refractivity contribution is 7.90. The first-order chi connectivity index (χ1) is 6.86. The van der Waals surface area contributed by atoms with E-state index in [-0.39, 0.29) is 0 Å². The first kappa shape index (κ1) is 11.4. The predicted octanol–water partition coefficient (Wildman–Crippen LogP) is 2.38. The molecule has 0 atom stereocenters. The van der Waals surface area contributed by atoms with Gasteiger partial charge in [-0.15, -0.1) is 0 Å². The molecule has 1 aromatic carbocycles. The van der Waals surface area contributed by atoms with Crippen molar-refractivity contribution in [3.8, 4) is 5.75 Å². The largest absolute Gasteiger partial charge is 0.400 e. The van der Waals surface area contributed by atoms with Crippen LogP contribution in [0.2, 0.25) is 0 Å². The minimum Gasteiger partial charge on any atom is -0.400 e. The number of hydrogen-bond acceptors (Lipinski definition) is 4. The summed E-state index contributed by atoms with van der Waals surface area (Å²) in [6.07, 6.45) is 0. The van der Waals surface area contributed by atoms with E-state index < -0.39 is 0 Å². The van der Waals surface area contributed by atoms with Crippen LogP contribution in [0.15, 0.2) is 24.3 Å². The Bertz CT molecular complexity index is 251. The lowest BCUT2D eigenvalue weighted by Crippen LogP contribution is -2.04. The fourth-order valence-corrected chi connectivity index (χ4v) is 1.31. The van der Waals surface area contributed by atoms with Crippen LogP contribution in [0.3, 0.4) is 0 Å². The van der Waals surface area contributed by atoms with Crippen LogP contribution in [-0.2, 0) is 10.7 Å². The maximum Gasteiger partial charge on any atom is 0.225 e. The van der Waals surface area contributed by atoms with Crippen LogP contribution in [0.25, 0.3) is 0 Å². The van der Waals surface area contributed by atoms with Gasteiger partial charge in [-0.1, -0.05) is 12.1 Å². The fraction of sp³-hybridized carbons (Fsp3) is 0.400. The second kappa shape index (κ2) is 6.70. The Labute approximate surface area is 89.2 Å². The Hall–Kier alpha value is -0.710. The number of rotatable bonds is 6. The molecule has 4 heteroatoms. The van der Waals surface area contributed by atoms with Gasteiger partial charge >= 0.3 is 0 Å². The van der Waals surface area contributed by atoms with Crippen LogP contribution in [0, 0.1) is 0 Å². The Morgan fingerprint density at radius 3 is 2.57 bits per heavy atom. The second-order valence-electron chi connectivity index (χ2n) is 2.73. The van der Waals surface area contributed by atoms with Crippen LogP contribution >= 0.6 is 12.3 Å². The molecule has 0 bridgehead atoms. The molecule has 3 nitrogen and oxygen atoms in total. The summed E-state index contributed by atoms with van der Waals surface area (Å²) in [5.41, 5.74) is 1.24. The molecule has 14 heavy (non-hydrogen) atoms. The Kier molecular flexibility index (Phi) is 5.44. The summed E-state index contributed by atoms with van der Waals surface area (Å²) >= 11 is 1.01. The van der Waals surface area contributed by atoms with Crippen molar-refractivity contribution in [3.63, 3.8) is 0 Å². The molecule has 0 spiro atoms. The maximum atomic E-state index is 5.25. The SMILES string of the molecule is CCOSOc1ccc(CNC)cc1. The zero-order valence-electron chi connectivity index (χ0n) is 8.45. The Morgan fingerprint density at radius 2 is 2.00 bits per heavy atom. The average Bonchev–Trinajstić information content (AvgIpc) is 2.21. The molecule has 78 valence electrons. The van der Waals surface area contributed by atoms with E-state index in [1.165, 1.54) is 5.56 Å². The van der Waals surface area contributed by atoms with Crippen LogP contribution in [-0.4, -0.2) is 13.7 Å². The van der Waals surface area contributed by atoms with E-state index in [0.29, 0.717) is 6.61 Å². The van der Waals surface area contributed by atoms with Gasteiger partial charge in [-0.3, -0.25) is 4.18 Å². The van der Waals surface area contributed by atoms with Gasteiger partial charge in [0, 0.05) is 6.54 Å². The van der Waals surface area contributed by atoms with Crippen LogP contribution in [0.4, 0.5) is 0 Å². The van der Waals surface area contributed by atoms with Gasteiger partial charge in [0.25, 0.3) is 0 Å². The number of hydrogen-bond donors (Lipinski definition) is 1. The highest BCUT2D eigenvalue weighted by Gasteiger charge is 1.95. The summed E-state index contributed by atoms with van der Waals surface area (Å²) in [5, 5.41) is 3.09. The Balaban J connectivity index is 2.38. The summed E-state index contributed by atoms with van der Waals surface area (Å²) in [4.78, 5) is 0. The van der Waals surface area contributed by atoms with Gasteiger partial charge in [0.1, 0.15) is 5.75 Å². The monoisotopic (exact) mass is 213 g/mol. The van der Waals surface area contributed by atoms with E-state index in [1.807, 2.05) is 38.2 Å². The van der Waals surface area contributed by atoms with E-state index in [1.54, 1.807) is 0 Å². The van der Waals surface area contributed by atoms with Crippen molar-refractivity contribution in [1.29, 1.82) is 0 Å². The van der Waals surface area contributed by atoms with Crippen molar-refractivity contribution in [2.45, 2.75) is 13.5 Å². The average molecular weight is 213 g/mol. The van der Waals surface area contributed by atoms with Crippen molar-refractivity contribution in [2.24, 2.45) is 0 Å². The zero-order valence-corrected chi connectivity index (χ0v) is 9.26. The lowest BCUT2D eigenvalue weighted by atomic mass is 10.2. The molecule has 0 aromatic heterocycles. The molecular weight excluding hydrogens is 198 g/mol. The van der Waals surface area contributed by atoms with Crippen molar-refractivity contribution < 1.29 is 8.37 Å². The predicted molar refractivity (Wildman–Crippen MR) is 59.1 cm³/mol. The number of benzene rings is 1. The zero-order chi connectivity index (χ0) is 10.2. The van der Waals surface area contributed by atoms with Gasteiger partial charge in [-0.2, -0.15) is 0 Å². The molecule has 0 radical (unpaired) electrons. The summed E-state index contributed by atoms with van der Waals surface area (Å²) in [5.74, 6) is 0.809. The number of nitrogens with one attached hydrogen (secondary N) is 1. The van der Waals surface area contributed by atoms with E-state index >= 15 is 0 Å². The molecule has 0 aliphatic heterocycles. The van der Waals surface area contributed by atoms with Gasteiger partial charge in [0.2, 0.25) is 12.3 Å². The third kappa shape index (κ3) is 4.00. The minimum atomic E-state index is 0.641. The summed E-state index contributed by atoms with van der Waals surface area (Å²) in [6.45, 7) is 3.44. The fourth-order valence-electron chi connectivity index (χ4n) is 0.978. The highest BCUT2D eigenvalue weighted by Crippen LogP contribution is 2.17. The normalized spacial score (nSPS) is 10.1. The first-order valence-corrected chi connectivity index (χ1v) is 5.23. The molecule has 0 aliphatic rings. The van der Waals surface area contributed by atoms with E-state index in [4.69, 9.17) is 8.37 Å². The van der Waals surface area contributed by atoms with E-state index in [0.717, 1.165) is 24.6 Å². The molecule has 0 saturated heterocycles. The maximum absolute atomic E-state index is 5.25. The van der Waals surface area contributed by atoms with Crippen molar-refractivity contribution in [1.82, 2.24) is 5.32 Å². The third-order valence-electron chi connectivity index (χ3n) is 1.60. The van der Waals surface area contributed by atoms with Crippen LogP contribution in [0.1, 0.15) is 12.5 Å². The van der Waals surface area contributed by atoms with Crippen molar-refractivity contribution in [2.75, 3.05) is 13.7 Å². The summed E-state index contributed by atoms with van der Waals surface area (Å²) in [6, 6.07) is 7.91. The molecule has 1 rings (SSSR count). The van der Waals surface area contributed by atoms with Crippen LogP contribution < -0.4 is 9.50 Å². The van der Waals surface area contributed by atoms with Gasteiger partial charge < -0.3 is 9.50 Å². The lowest BCUT2D eigenvalue weighted by molar-refractivity contribution is 0.369. The molecule has 0 amide bonds. The third-order valence-corrected chi connectivity index (χ3v) is 2.19. The second-order valence-corrected chi connectivity index (χ2v) is 3.27. The Morgan fingerprint density at radius 1 is 1.29 bits per heavy atom. The molecule has 1 N–H and O–H groups in total. The smallest absolute Gasteiger partial charge is 0.225 e. The quantitative estimate of drug-likeness (QED) is 0.580. The van der Waals surface area contributed by atoms with Gasteiger partial charge in [-0.05, 0) is 31.7 Å². The summed E-state index contributed by atoms with van der Waals surface area (Å²) in [7, 11) is 1.93. The standard InChI is InChI=1S/C10H15NO2S/c1-3-12-14-13-10-6-4-9(5-7-10)8-11-2/h4-7,11H,3,8H2,1-2H3. The molecule has 0 unspecified atom stereocenters. The van der Waals surface area contributed by atoms with Crippen molar-refractivity contribution >= 4 is 12.3 Å². The topological polar surface area (TPSA) is 30.5 Å². The molecular formula is C10H15NO2S. The minimum absolute atomic E-state index is 0.641. The van der Waals surface area contributed by atoms with Gasteiger partial charge in [0.05, 0.1) is 6.61 Å². The van der Waals surface area contributed by atoms with E-state index in [2.05, 4.69) is 5.32 Å². The van der Waals surface area contributed by atoms with E-state index in [9.17, 15) is 0 Å².